The molecule has 1 heterocycles. The molecule has 0 aliphatic carbocycles. The number of hydrogen-bond donors (Lipinski definition) is 2. The van der Waals surface area contributed by atoms with Gasteiger partial charge in [-0.15, -0.1) is 0 Å². The van der Waals surface area contributed by atoms with E-state index in [2.05, 4.69) is 5.32 Å². The Morgan fingerprint density at radius 2 is 1.86 bits per heavy atom. The maximum atomic E-state index is 12.2. The summed E-state index contributed by atoms with van der Waals surface area (Å²) in [5.74, 6) is -0.770. The summed E-state index contributed by atoms with van der Waals surface area (Å²) in [6.45, 7) is 0. The summed E-state index contributed by atoms with van der Waals surface area (Å²) in [6.07, 6.45) is 1.44. The molecule has 1 atom stereocenters. The van der Waals surface area contributed by atoms with Gasteiger partial charge in [-0.3, -0.25) is 4.79 Å². The van der Waals surface area contributed by atoms with E-state index in [1.807, 2.05) is 24.3 Å². The summed E-state index contributed by atoms with van der Waals surface area (Å²) in [6, 6.07) is 9.91. The predicted molar refractivity (Wildman–Crippen MR) is 79.8 cm³/mol. The van der Waals surface area contributed by atoms with Gasteiger partial charge in [0.25, 0.3) is 5.91 Å². The van der Waals surface area contributed by atoms with Crippen molar-refractivity contribution >= 4 is 26.5 Å². The average Bonchev–Trinajstić information content (AvgIpc) is 2.77. The molecule has 0 bridgehead atoms. The van der Waals surface area contributed by atoms with Crippen molar-refractivity contribution < 1.29 is 18.3 Å². The smallest absolute Gasteiger partial charge is 0.255 e. The van der Waals surface area contributed by atoms with Crippen molar-refractivity contribution in [2.45, 2.75) is 6.04 Å². The van der Waals surface area contributed by atoms with Crippen LogP contribution in [0.1, 0.15) is 10.4 Å². The second-order valence-electron chi connectivity index (χ2n) is 4.95. The van der Waals surface area contributed by atoms with Crippen molar-refractivity contribution in [3.05, 3.63) is 53.4 Å². The molecule has 0 aromatic heterocycles. The third-order valence-electron chi connectivity index (χ3n) is 3.36. The number of carbonyl (C=O) groups is 1. The van der Waals surface area contributed by atoms with E-state index in [9.17, 15) is 18.3 Å². The van der Waals surface area contributed by atoms with Crippen LogP contribution in [0.5, 0.6) is 5.75 Å². The summed E-state index contributed by atoms with van der Waals surface area (Å²) in [7, 11) is -3.23. The van der Waals surface area contributed by atoms with Gasteiger partial charge in [0.2, 0.25) is 0 Å². The molecule has 0 spiro atoms. The molecule has 2 N–H and O–H groups in total. The molecular weight excluding hydrogens is 290 g/mol. The van der Waals surface area contributed by atoms with Crippen LogP contribution in [-0.4, -0.2) is 31.2 Å². The number of carbonyl (C=O) groups excluding carboxylic acids is 1. The quantitative estimate of drug-likeness (QED) is 0.882. The molecule has 2 aromatic rings. The van der Waals surface area contributed by atoms with E-state index >= 15 is 0 Å². The lowest BCUT2D eigenvalue weighted by Crippen LogP contribution is -2.35. The van der Waals surface area contributed by atoms with Gasteiger partial charge in [-0.2, -0.15) is 0 Å². The third kappa shape index (κ3) is 2.75. The monoisotopic (exact) mass is 303 g/mol. The Bertz CT molecular complexity index is 855. The van der Waals surface area contributed by atoms with Crippen LogP contribution in [0.15, 0.2) is 47.9 Å². The fraction of sp³-hybridized carbons (Fsp3) is 0.133. The fourth-order valence-electron chi connectivity index (χ4n) is 2.32. The number of benzene rings is 2. The molecule has 0 saturated heterocycles. The summed E-state index contributed by atoms with van der Waals surface area (Å²) in [4.78, 5) is 12.2. The lowest BCUT2D eigenvalue weighted by molar-refractivity contribution is 0.0945. The topological polar surface area (TPSA) is 83.5 Å². The van der Waals surface area contributed by atoms with Crippen molar-refractivity contribution in [1.82, 2.24) is 5.32 Å². The minimum Gasteiger partial charge on any atom is -0.507 e. The van der Waals surface area contributed by atoms with Gasteiger partial charge in [-0.1, -0.05) is 24.3 Å². The third-order valence-corrected chi connectivity index (χ3v) is 4.75. The van der Waals surface area contributed by atoms with E-state index < -0.39 is 21.8 Å². The zero-order valence-corrected chi connectivity index (χ0v) is 11.8. The largest absolute Gasteiger partial charge is 0.507 e. The van der Waals surface area contributed by atoms with Crippen LogP contribution < -0.4 is 5.32 Å². The number of aromatic hydroxyl groups is 1. The summed E-state index contributed by atoms with van der Waals surface area (Å²) < 4.78 is 22.6. The summed E-state index contributed by atoms with van der Waals surface area (Å²) >= 11 is 0. The minimum absolute atomic E-state index is 0.129. The second kappa shape index (κ2) is 4.89. The van der Waals surface area contributed by atoms with Crippen LogP contribution >= 0.6 is 0 Å². The fourth-order valence-corrected chi connectivity index (χ4v) is 3.56. The van der Waals surface area contributed by atoms with Crippen molar-refractivity contribution in [2.24, 2.45) is 0 Å². The van der Waals surface area contributed by atoms with Gasteiger partial charge in [-0.25, -0.2) is 8.42 Å². The highest BCUT2D eigenvalue weighted by Crippen LogP contribution is 2.25. The van der Waals surface area contributed by atoms with Crippen molar-refractivity contribution in [3.63, 3.8) is 0 Å². The van der Waals surface area contributed by atoms with Crippen LogP contribution in [0, 0.1) is 0 Å². The lowest BCUT2D eigenvalue weighted by atomic mass is 10.1. The normalized spacial score (nSPS) is 19.7. The summed E-state index contributed by atoms with van der Waals surface area (Å²) in [5, 5.41) is 15.3. The molecule has 21 heavy (non-hydrogen) atoms. The van der Waals surface area contributed by atoms with E-state index in [1.165, 1.54) is 12.1 Å². The van der Waals surface area contributed by atoms with Gasteiger partial charge >= 0.3 is 0 Å². The minimum atomic E-state index is -3.23. The SMILES string of the molecule is O=C(NC1C=CS(=O)(=O)C1)c1cc2ccccc2cc1O. The highest BCUT2D eigenvalue weighted by atomic mass is 32.2. The Hall–Kier alpha value is -2.34. The standard InChI is InChI=1S/C15H13NO4S/c17-14-8-11-4-2-1-3-10(11)7-13(14)15(18)16-12-5-6-21(19,20)9-12/h1-8,12,17H,9H2,(H,16,18). The number of amides is 1. The van der Waals surface area contributed by atoms with Crippen LogP contribution in [0.4, 0.5) is 0 Å². The predicted octanol–water partition coefficient (Wildman–Crippen LogP) is 1.59. The van der Waals surface area contributed by atoms with Gasteiger partial charge < -0.3 is 10.4 Å². The molecule has 1 aliphatic rings. The first-order chi connectivity index (χ1) is 9.94. The molecule has 0 fully saturated rings. The lowest BCUT2D eigenvalue weighted by Gasteiger charge is -2.11. The number of rotatable bonds is 2. The Morgan fingerprint density at radius 1 is 1.19 bits per heavy atom. The second-order valence-corrected chi connectivity index (χ2v) is 6.89. The van der Waals surface area contributed by atoms with E-state index in [1.54, 1.807) is 6.07 Å². The van der Waals surface area contributed by atoms with Gasteiger partial charge in [-0.05, 0) is 29.0 Å². The first kappa shape index (κ1) is 13.6. The Balaban J connectivity index is 1.88. The first-order valence-electron chi connectivity index (χ1n) is 6.38. The number of fused-ring (bicyclic) bond motifs is 1. The maximum Gasteiger partial charge on any atom is 0.255 e. The molecule has 0 radical (unpaired) electrons. The zero-order chi connectivity index (χ0) is 15.0. The molecular formula is C15H13NO4S. The van der Waals surface area contributed by atoms with E-state index in [4.69, 9.17) is 0 Å². The van der Waals surface area contributed by atoms with Crippen LogP contribution in [-0.2, 0) is 9.84 Å². The summed E-state index contributed by atoms with van der Waals surface area (Å²) in [5.41, 5.74) is 0.131. The number of phenols is 1. The molecule has 0 saturated carbocycles. The van der Waals surface area contributed by atoms with Crippen LogP contribution in [0.3, 0.4) is 0 Å². The molecule has 3 rings (SSSR count). The van der Waals surface area contributed by atoms with Crippen molar-refractivity contribution in [2.75, 3.05) is 5.75 Å². The zero-order valence-electron chi connectivity index (χ0n) is 11.0. The van der Waals surface area contributed by atoms with E-state index in [0.29, 0.717) is 0 Å². The highest BCUT2D eigenvalue weighted by molar-refractivity contribution is 7.94. The molecule has 2 aromatic carbocycles. The number of nitrogens with one attached hydrogen (secondary N) is 1. The van der Waals surface area contributed by atoms with E-state index in [-0.39, 0.29) is 17.1 Å². The molecule has 1 unspecified atom stereocenters. The van der Waals surface area contributed by atoms with Gasteiger partial charge in [0, 0.05) is 5.41 Å². The van der Waals surface area contributed by atoms with Crippen molar-refractivity contribution in [3.8, 4) is 5.75 Å². The number of sulfone groups is 1. The Labute approximate surface area is 121 Å². The maximum absolute atomic E-state index is 12.2. The highest BCUT2D eigenvalue weighted by Gasteiger charge is 2.24. The molecule has 108 valence electrons. The van der Waals surface area contributed by atoms with Gasteiger partial charge in [0.1, 0.15) is 5.75 Å². The Kier molecular flexibility index (Phi) is 3.17. The molecule has 1 aliphatic heterocycles. The number of hydrogen-bond acceptors (Lipinski definition) is 4. The van der Waals surface area contributed by atoms with E-state index in [0.717, 1.165) is 16.2 Å². The van der Waals surface area contributed by atoms with Crippen molar-refractivity contribution in [1.29, 1.82) is 0 Å². The van der Waals surface area contributed by atoms with Crippen LogP contribution in [0.25, 0.3) is 10.8 Å². The van der Waals surface area contributed by atoms with Crippen LogP contribution in [0.2, 0.25) is 0 Å². The number of phenolic OH excluding ortho intramolecular Hbond substituents is 1. The molecule has 5 nitrogen and oxygen atoms in total. The molecule has 1 amide bonds. The first-order valence-corrected chi connectivity index (χ1v) is 8.10. The van der Waals surface area contributed by atoms with Gasteiger partial charge in [0.05, 0.1) is 17.4 Å². The Morgan fingerprint density at radius 3 is 2.48 bits per heavy atom. The molecule has 6 heteroatoms. The average molecular weight is 303 g/mol. The van der Waals surface area contributed by atoms with Gasteiger partial charge in [0.15, 0.2) is 9.84 Å².